The van der Waals surface area contributed by atoms with Gasteiger partial charge in [-0.2, -0.15) is 14.8 Å². The summed E-state index contributed by atoms with van der Waals surface area (Å²) in [7, 11) is 1.59. The van der Waals surface area contributed by atoms with Crippen LogP contribution in [0.4, 0.5) is 0 Å². The first-order valence-corrected chi connectivity index (χ1v) is 9.78. The van der Waals surface area contributed by atoms with E-state index in [1.54, 1.807) is 49.6 Å². The topological polar surface area (TPSA) is 83.0 Å². The maximum absolute atomic E-state index is 13.1. The molecule has 0 aliphatic heterocycles. The molecule has 0 fully saturated rings. The number of hydrogen-bond acceptors (Lipinski definition) is 6. The number of methoxy groups -OCH3 is 1. The van der Waals surface area contributed by atoms with Crippen LogP contribution in [0.1, 0.15) is 0 Å². The number of halogens is 1. The van der Waals surface area contributed by atoms with Gasteiger partial charge in [-0.05, 0) is 36.4 Å². The minimum atomic E-state index is -0.269. The maximum Gasteiger partial charge on any atom is 0.279 e. The Balaban J connectivity index is 1.71. The molecule has 0 spiro atoms. The number of rotatable bonds is 4. The minimum absolute atomic E-state index is 0.199. The molecule has 8 heteroatoms. The van der Waals surface area contributed by atoms with Gasteiger partial charge in [0.05, 0.1) is 18.2 Å². The van der Waals surface area contributed by atoms with Gasteiger partial charge < -0.3 is 9.26 Å². The molecule has 0 unspecified atom stereocenters. The Bertz CT molecular complexity index is 1480. The fourth-order valence-electron chi connectivity index (χ4n) is 3.33. The van der Waals surface area contributed by atoms with Crippen molar-refractivity contribution in [2.24, 2.45) is 0 Å². The van der Waals surface area contributed by atoms with Gasteiger partial charge in [0.1, 0.15) is 5.75 Å². The molecule has 0 N–H and O–H groups in total. The van der Waals surface area contributed by atoms with Crippen LogP contribution in [0.3, 0.4) is 0 Å². The first-order valence-electron chi connectivity index (χ1n) is 9.40. The van der Waals surface area contributed by atoms with E-state index in [1.165, 1.54) is 4.68 Å². The van der Waals surface area contributed by atoms with Crippen LogP contribution in [0, 0.1) is 0 Å². The summed E-state index contributed by atoms with van der Waals surface area (Å²) in [5.74, 6) is 1.27. The lowest BCUT2D eigenvalue weighted by Gasteiger charge is -2.09. The highest BCUT2D eigenvalue weighted by Crippen LogP contribution is 2.28. The third-order valence-corrected chi connectivity index (χ3v) is 5.05. The number of fused-ring (bicyclic) bond motifs is 1. The molecular weight excluding hydrogens is 416 g/mol. The molecule has 3 aromatic carbocycles. The van der Waals surface area contributed by atoms with Gasteiger partial charge in [-0.25, -0.2) is 0 Å². The Hall–Kier alpha value is -3.97. The van der Waals surface area contributed by atoms with Gasteiger partial charge in [0.15, 0.2) is 5.69 Å². The first kappa shape index (κ1) is 19.0. The van der Waals surface area contributed by atoms with Gasteiger partial charge in [-0.15, -0.1) is 0 Å². The fraction of sp³-hybridized carbons (Fsp3) is 0.0435. The lowest BCUT2D eigenvalue weighted by Crippen LogP contribution is -2.22. The summed E-state index contributed by atoms with van der Waals surface area (Å²) >= 11 is 6.12. The van der Waals surface area contributed by atoms with Crippen molar-refractivity contribution >= 4 is 22.4 Å². The van der Waals surface area contributed by atoms with E-state index in [9.17, 15) is 4.79 Å². The van der Waals surface area contributed by atoms with E-state index in [0.717, 1.165) is 5.56 Å². The molecule has 0 saturated carbocycles. The van der Waals surface area contributed by atoms with Gasteiger partial charge in [0.2, 0.25) is 5.82 Å². The molecule has 0 bridgehead atoms. The summed E-state index contributed by atoms with van der Waals surface area (Å²) in [4.78, 5) is 17.6. The zero-order valence-electron chi connectivity index (χ0n) is 16.3. The second-order valence-corrected chi connectivity index (χ2v) is 7.18. The molecular formula is C23H15ClN4O3. The molecule has 0 amide bonds. The van der Waals surface area contributed by atoms with Crippen LogP contribution in [0.25, 0.3) is 39.4 Å². The standard InChI is InChI=1S/C23H15ClN4O3/c1-30-17-9-4-6-14(12-17)21-25-22(31-27-21)20-18-10-2-3-11-19(18)23(29)28(26-20)16-8-5-7-15(24)13-16/h2-13H,1H3. The molecule has 7 nitrogen and oxygen atoms in total. The minimum Gasteiger partial charge on any atom is -0.497 e. The van der Waals surface area contributed by atoms with Crippen LogP contribution in [0.15, 0.2) is 82.1 Å². The second-order valence-electron chi connectivity index (χ2n) is 6.75. The zero-order valence-corrected chi connectivity index (χ0v) is 17.1. The molecule has 2 heterocycles. The van der Waals surface area contributed by atoms with E-state index < -0.39 is 0 Å². The Morgan fingerprint density at radius 2 is 1.77 bits per heavy atom. The molecule has 0 atom stereocenters. The lowest BCUT2D eigenvalue weighted by atomic mass is 10.1. The lowest BCUT2D eigenvalue weighted by molar-refractivity contribution is 0.414. The fourth-order valence-corrected chi connectivity index (χ4v) is 3.51. The average Bonchev–Trinajstić information content (AvgIpc) is 3.30. The highest BCUT2D eigenvalue weighted by atomic mass is 35.5. The van der Waals surface area contributed by atoms with E-state index in [4.69, 9.17) is 20.9 Å². The summed E-state index contributed by atoms with van der Waals surface area (Å²) in [6, 6.07) is 21.4. The van der Waals surface area contributed by atoms with Crippen LogP contribution < -0.4 is 10.3 Å². The predicted octanol–water partition coefficient (Wildman–Crippen LogP) is 4.76. The quantitative estimate of drug-likeness (QED) is 0.408. The zero-order chi connectivity index (χ0) is 21.4. The van der Waals surface area contributed by atoms with Crippen molar-refractivity contribution in [2.75, 3.05) is 7.11 Å². The van der Waals surface area contributed by atoms with Gasteiger partial charge in [-0.1, -0.05) is 53.2 Å². The predicted molar refractivity (Wildman–Crippen MR) is 118 cm³/mol. The molecule has 0 radical (unpaired) electrons. The van der Waals surface area contributed by atoms with Gasteiger partial charge in [-0.3, -0.25) is 4.79 Å². The van der Waals surface area contributed by atoms with Crippen LogP contribution in [0.2, 0.25) is 5.02 Å². The van der Waals surface area contributed by atoms with Crippen molar-refractivity contribution in [3.8, 4) is 34.4 Å². The van der Waals surface area contributed by atoms with Gasteiger partial charge >= 0.3 is 0 Å². The Kier molecular flexibility index (Phi) is 4.72. The van der Waals surface area contributed by atoms with Crippen molar-refractivity contribution in [3.63, 3.8) is 0 Å². The Morgan fingerprint density at radius 1 is 0.968 bits per heavy atom. The summed E-state index contributed by atoms with van der Waals surface area (Å²) in [5, 5.41) is 10.2. The van der Waals surface area contributed by atoms with Crippen molar-refractivity contribution in [2.45, 2.75) is 0 Å². The normalized spacial score (nSPS) is 11.0. The van der Waals surface area contributed by atoms with Crippen molar-refractivity contribution in [3.05, 3.63) is 88.2 Å². The van der Waals surface area contributed by atoms with Crippen molar-refractivity contribution in [1.29, 1.82) is 0 Å². The third kappa shape index (κ3) is 3.45. The summed E-state index contributed by atoms with van der Waals surface area (Å²) in [6.07, 6.45) is 0. The van der Waals surface area contributed by atoms with Gasteiger partial charge in [0, 0.05) is 16.0 Å². The molecule has 5 aromatic rings. The van der Waals surface area contributed by atoms with E-state index in [0.29, 0.717) is 38.8 Å². The number of aromatic nitrogens is 4. The highest BCUT2D eigenvalue weighted by molar-refractivity contribution is 6.30. The molecule has 0 saturated heterocycles. The smallest absolute Gasteiger partial charge is 0.279 e. The number of nitrogens with zero attached hydrogens (tertiary/aromatic N) is 4. The number of ether oxygens (including phenoxy) is 1. The molecule has 0 aliphatic carbocycles. The van der Waals surface area contributed by atoms with Crippen molar-refractivity contribution in [1.82, 2.24) is 19.9 Å². The van der Waals surface area contributed by atoms with Gasteiger partial charge in [0.25, 0.3) is 11.4 Å². The van der Waals surface area contributed by atoms with Crippen LogP contribution in [0.5, 0.6) is 5.75 Å². The maximum atomic E-state index is 13.1. The van der Waals surface area contributed by atoms with E-state index in [-0.39, 0.29) is 11.4 Å². The van der Waals surface area contributed by atoms with E-state index in [1.807, 2.05) is 30.3 Å². The van der Waals surface area contributed by atoms with Crippen molar-refractivity contribution < 1.29 is 9.26 Å². The Morgan fingerprint density at radius 3 is 2.58 bits per heavy atom. The summed E-state index contributed by atoms with van der Waals surface area (Å²) in [6.45, 7) is 0. The third-order valence-electron chi connectivity index (χ3n) is 4.81. The number of benzene rings is 3. The summed E-state index contributed by atoms with van der Waals surface area (Å²) in [5.41, 5.74) is 1.41. The number of hydrogen-bond donors (Lipinski definition) is 0. The van der Waals surface area contributed by atoms with E-state index in [2.05, 4.69) is 15.2 Å². The average molecular weight is 431 g/mol. The highest BCUT2D eigenvalue weighted by Gasteiger charge is 2.19. The second kappa shape index (κ2) is 7.70. The molecule has 2 aromatic heterocycles. The molecule has 0 aliphatic rings. The first-order chi connectivity index (χ1) is 15.1. The Labute approximate surface area is 181 Å². The SMILES string of the molecule is COc1cccc(-c2noc(-c3nn(-c4cccc(Cl)c4)c(=O)c4ccccc34)n2)c1. The largest absolute Gasteiger partial charge is 0.497 e. The molecule has 5 rings (SSSR count). The summed E-state index contributed by atoms with van der Waals surface area (Å²) < 4.78 is 12.1. The van der Waals surface area contributed by atoms with Crippen LogP contribution >= 0.6 is 11.6 Å². The molecule has 31 heavy (non-hydrogen) atoms. The molecule has 152 valence electrons. The van der Waals surface area contributed by atoms with E-state index >= 15 is 0 Å². The van der Waals surface area contributed by atoms with Crippen LogP contribution in [-0.2, 0) is 0 Å². The monoisotopic (exact) mass is 430 g/mol. The van der Waals surface area contributed by atoms with Crippen LogP contribution in [-0.4, -0.2) is 27.0 Å².